The lowest BCUT2D eigenvalue weighted by atomic mass is 9.97. The second-order valence-corrected chi connectivity index (χ2v) is 8.79. The van der Waals surface area contributed by atoms with E-state index in [1.54, 1.807) is 18.2 Å². The zero-order chi connectivity index (χ0) is 23.9. The summed E-state index contributed by atoms with van der Waals surface area (Å²) in [6.07, 6.45) is -0.188. The summed E-state index contributed by atoms with van der Waals surface area (Å²) >= 11 is 0. The maximum absolute atomic E-state index is 13.0. The van der Waals surface area contributed by atoms with Gasteiger partial charge < -0.3 is 19.6 Å². The molecule has 2 N–H and O–H groups in total. The first kappa shape index (κ1) is 31.1. The molecule has 2 atom stereocenters. The predicted molar refractivity (Wildman–Crippen MR) is 127 cm³/mol. The number of amides is 1. The number of benzene rings is 2. The summed E-state index contributed by atoms with van der Waals surface area (Å²) in [6, 6.07) is 9.22. The monoisotopic (exact) mass is 501 g/mol. The van der Waals surface area contributed by atoms with Crippen LogP contribution in [0.4, 0.5) is 10.4 Å². The number of ketones is 1. The van der Waals surface area contributed by atoms with Gasteiger partial charge in [0.15, 0.2) is 6.10 Å². The number of anilines is 1. The van der Waals surface area contributed by atoms with Gasteiger partial charge in [-0.15, -0.1) is 0 Å². The molecule has 0 fully saturated rings. The van der Waals surface area contributed by atoms with Crippen molar-refractivity contribution in [1.29, 1.82) is 0 Å². The summed E-state index contributed by atoms with van der Waals surface area (Å²) in [7, 11) is -3.15. The van der Waals surface area contributed by atoms with Gasteiger partial charge in [-0.2, -0.15) is 8.42 Å². The molecular formula is C23H32FNO8S. The van der Waals surface area contributed by atoms with Crippen LogP contribution >= 0.6 is 0 Å². The summed E-state index contributed by atoms with van der Waals surface area (Å²) in [6.45, 7) is 2.91. The summed E-state index contributed by atoms with van der Waals surface area (Å²) in [4.78, 5) is 35.9. The average Bonchev–Trinajstić information content (AvgIpc) is 2.74. The molecule has 0 saturated carbocycles. The van der Waals surface area contributed by atoms with Crippen LogP contribution in [0, 0.1) is 5.92 Å². The van der Waals surface area contributed by atoms with Crippen molar-refractivity contribution in [2.24, 2.45) is 5.92 Å². The number of hydrogen-bond donors (Lipinski definition) is 2. The molecule has 2 aromatic rings. The molecule has 190 valence electrons. The fourth-order valence-corrected chi connectivity index (χ4v) is 3.90. The highest BCUT2D eigenvalue weighted by atomic mass is 32.2. The van der Waals surface area contributed by atoms with E-state index in [1.165, 1.54) is 39.2 Å². The van der Waals surface area contributed by atoms with Gasteiger partial charge in [-0.05, 0) is 44.2 Å². The Morgan fingerprint density at radius 2 is 1.71 bits per heavy atom. The lowest BCUT2D eigenvalue weighted by molar-refractivity contribution is -0.155. The number of halogens is 1. The molecule has 0 bridgehead atoms. The average molecular weight is 502 g/mol. The number of esters is 1. The normalized spacial score (nSPS) is 12.6. The fraction of sp³-hybridized carbons (Fsp3) is 0.435. The van der Waals surface area contributed by atoms with Crippen molar-refractivity contribution in [3.05, 3.63) is 36.4 Å². The molecule has 2 aromatic carbocycles. The number of rotatable bonds is 11. The van der Waals surface area contributed by atoms with E-state index in [2.05, 4.69) is 5.32 Å². The van der Waals surface area contributed by atoms with E-state index in [-0.39, 0.29) is 59.8 Å². The second kappa shape index (κ2) is 13.7. The number of carbonyl (C=O) groups excluding carboxylic acids is 3. The number of nitrogens with one attached hydrogen (secondary N) is 1. The van der Waals surface area contributed by atoms with Crippen LogP contribution in [0.15, 0.2) is 41.3 Å². The fourth-order valence-electron chi connectivity index (χ4n) is 3.16. The van der Waals surface area contributed by atoms with Gasteiger partial charge in [0.1, 0.15) is 10.7 Å². The van der Waals surface area contributed by atoms with Crippen LogP contribution in [0.5, 0.6) is 0 Å². The molecule has 0 spiro atoms. The van der Waals surface area contributed by atoms with Crippen molar-refractivity contribution in [1.82, 2.24) is 0 Å². The van der Waals surface area contributed by atoms with Crippen LogP contribution in [0.25, 0.3) is 10.8 Å². The van der Waals surface area contributed by atoms with E-state index in [0.717, 1.165) is 0 Å². The molecule has 2 unspecified atom stereocenters. The predicted octanol–water partition coefficient (Wildman–Crippen LogP) is 3.77. The van der Waals surface area contributed by atoms with E-state index in [9.17, 15) is 27.4 Å². The Balaban J connectivity index is 0.00000544. The first-order valence-corrected chi connectivity index (χ1v) is 11.5. The van der Waals surface area contributed by atoms with Gasteiger partial charge in [-0.1, -0.05) is 31.7 Å². The molecule has 1 amide bonds. The van der Waals surface area contributed by atoms with Gasteiger partial charge in [0, 0.05) is 30.5 Å². The second-order valence-electron chi connectivity index (χ2n) is 7.40. The Kier molecular flexibility index (Phi) is 12.6. The first-order chi connectivity index (χ1) is 15.0. The third kappa shape index (κ3) is 8.47. The smallest absolute Gasteiger partial charge is 0.334 e. The van der Waals surface area contributed by atoms with Crippen molar-refractivity contribution in [3.63, 3.8) is 0 Å². The summed E-state index contributed by atoms with van der Waals surface area (Å²) in [5, 5.41) is 3.39. The van der Waals surface area contributed by atoms with Crippen molar-refractivity contribution < 1.29 is 41.5 Å². The van der Waals surface area contributed by atoms with E-state index >= 15 is 0 Å². The number of ether oxygens (including phenoxy) is 2. The summed E-state index contributed by atoms with van der Waals surface area (Å²) in [5.74, 6) is -1.78. The topological polar surface area (TPSA) is 136 Å². The minimum absolute atomic E-state index is 0. The van der Waals surface area contributed by atoms with Gasteiger partial charge in [0.25, 0.3) is 10.1 Å². The van der Waals surface area contributed by atoms with Gasteiger partial charge >= 0.3 is 5.97 Å². The Bertz CT molecular complexity index is 1100. The molecule has 11 heteroatoms. The third-order valence-electron chi connectivity index (χ3n) is 5.01. The molecule has 0 heterocycles. The molecule has 0 radical (unpaired) electrons. The summed E-state index contributed by atoms with van der Waals surface area (Å²) in [5.41, 5.74) is 0.207. The van der Waals surface area contributed by atoms with Crippen LogP contribution in [0.2, 0.25) is 0 Å². The van der Waals surface area contributed by atoms with Crippen LogP contribution in [0.3, 0.4) is 0 Å². The minimum Gasteiger partial charge on any atom is -0.464 e. The quantitative estimate of drug-likeness (QED) is 0.351. The largest absolute Gasteiger partial charge is 0.464 e. The maximum Gasteiger partial charge on any atom is 0.334 e. The Morgan fingerprint density at radius 1 is 1.09 bits per heavy atom. The van der Waals surface area contributed by atoms with Crippen LogP contribution in [-0.4, -0.2) is 50.5 Å². The summed E-state index contributed by atoms with van der Waals surface area (Å²) < 4.78 is 43.3. The third-order valence-corrected chi connectivity index (χ3v) is 5.91. The Labute approximate surface area is 198 Å². The molecule has 0 aliphatic carbocycles. The van der Waals surface area contributed by atoms with Gasteiger partial charge in [-0.3, -0.25) is 14.1 Å². The van der Waals surface area contributed by atoms with Gasteiger partial charge in [-0.25, -0.2) is 4.79 Å². The molecule has 0 saturated heterocycles. The van der Waals surface area contributed by atoms with Crippen LogP contribution in [-0.2, 0) is 34.0 Å². The molecule has 0 aromatic heterocycles. The van der Waals surface area contributed by atoms with Gasteiger partial charge in [0.05, 0.1) is 6.61 Å². The van der Waals surface area contributed by atoms with E-state index in [1.807, 2.05) is 0 Å². The number of hydrogen-bond acceptors (Lipinski definition) is 7. The highest BCUT2D eigenvalue weighted by molar-refractivity contribution is 7.86. The Hall–Kier alpha value is -2.89. The molecule has 2 rings (SSSR count). The molecular weight excluding hydrogens is 469 g/mol. The van der Waals surface area contributed by atoms with Gasteiger partial charge in [0.2, 0.25) is 5.91 Å². The Morgan fingerprint density at radius 3 is 2.26 bits per heavy atom. The maximum atomic E-state index is 13.0. The highest BCUT2D eigenvalue weighted by Crippen LogP contribution is 2.30. The van der Waals surface area contributed by atoms with Crippen molar-refractivity contribution in [2.75, 3.05) is 19.0 Å². The molecule has 0 aliphatic heterocycles. The zero-order valence-corrected chi connectivity index (χ0v) is 19.4. The van der Waals surface area contributed by atoms with E-state index < -0.39 is 34.0 Å². The number of methoxy groups -OCH3 is 1. The number of Topliss-reactive ketones (excluding diaryl/α,β-unsaturated/α-hetero) is 1. The lowest BCUT2D eigenvalue weighted by Gasteiger charge is -2.18. The van der Waals surface area contributed by atoms with Crippen molar-refractivity contribution >= 4 is 44.2 Å². The first-order valence-electron chi connectivity index (χ1n) is 10.0. The minimum atomic E-state index is -4.53. The molecule has 34 heavy (non-hydrogen) atoms. The number of carbonyl (C=O) groups is 3. The zero-order valence-electron chi connectivity index (χ0n) is 18.6. The van der Waals surface area contributed by atoms with Crippen molar-refractivity contribution in [2.45, 2.75) is 51.5 Å². The number of fused-ring (bicyclic) bond motifs is 1. The van der Waals surface area contributed by atoms with E-state index in [0.29, 0.717) is 5.39 Å². The van der Waals surface area contributed by atoms with Crippen LogP contribution in [0.1, 0.15) is 40.5 Å². The van der Waals surface area contributed by atoms with Crippen LogP contribution < -0.4 is 5.32 Å². The standard InChI is InChI=1S/C22H27NO8S.CH4.FH/c1-14(24)10-11-17(12-13-31-22(26)15(2)30-3)21(25)23-18-8-4-6-16-7-5-9-19(20(16)18)32(27,28)29;;/h4-9,15,17H,10-13H2,1-3H3,(H,23,25)(H,27,28,29);1H4;1H. The molecule has 0 aliphatic rings. The van der Waals surface area contributed by atoms with E-state index in [4.69, 9.17) is 9.47 Å². The lowest BCUT2D eigenvalue weighted by Crippen LogP contribution is -2.27. The van der Waals surface area contributed by atoms with Crippen molar-refractivity contribution in [3.8, 4) is 0 Å². The SMILES string of the molecule is C.COC(C)C(=O)OCCC(CCC(C)=O)C(=O)Nc1cccc2cccc(S(=O)(=O)O)c12.F. The highest BCUT2D eigenvalue weighted by Gasteiger charge is 2.23. The molecule has 9 nitrogen and oxygen atoms in total.